The Morgan fingerprint density at radius 3 is 2.25 bits per heavy atom. The summed E-state index contributed by atoms with van der Waals surface area (Å²) in [5.41, 5.74) is 8.11. The largest absolute Gasteiger partial charge is 0.381 e. The van der Waals surface area contributed by atoms with E-state index in [9.17, 15) is 0 Å². The van der Waals surface area contributed by atoms with Crippen molar-refractivity contribution in [3.63, 3.8) is 0 Å². The minimum absolute atomic E-state index is 0.370. The zero-order chi connectivity index (χ0) is 16.4. The van der Waals surface area contributed by atoms with Crippen molar-refractivity contribution in [3.8, 4) is 0 Å². The molecule has 3 aromatic carbocycles. The van der Waals surface area contributed by atoms with Gasteiger partial charge in [0.2, 0.25) is 0 Å². The van der Waals surface area contributed by atoms with Gasteiger partial charge in [0.15, 0.2) is 0 Å². The molecule has 1 N–H and O–H groups in total. The minimum atomic E-state index is 0.370. The highest BCUT2D eigenvalue weighted by Gasteiger charge is 2.25. The summed E-state index contributed by atoms with van der Waals surface area (Å²) in [5.74, 6) is 0.370. The van der Waals surface area contributed by atoms with Crippen LogP contribution in [0.15, 0.2) is 84.4 Å². The maximum atomic E-state index is 3.54. The van der Waals surface area contributed by atoms with Crippen molar-refractivity contribution in [2.24, 2.45) is 0 Å². The molecule has 1 aliphatic carbocycles. The molecule has 0 radical (unpaired) electrons. The number of hydrogen-bond acceptors (Lipinski definition) is 1. The lowest BCUT2D eigenvalue weighted by Crippen LogP contribution is -2.07. The van der Waals surface area contributed by atoms with Crippen LogP contribution in [0, 0.1) is 0 Å². The summed E-state index contributed by atoms with van der Waals surface area (Å²) in [6.45, 7) is 3.08. The number of para-hydroxylation sites is 1. The summed E-state index contributed by atoms with van der Waals surface area (Å²) in [7, 11) is 0. The monoisotopic (exact) mass is 311 g/mol. The molecule has 1 heteroatoms. The van der Waals surface area contributed by atoms with E-state index in [1.165, 1.54) is 27.8 Å². The number of hydrogen-bond donors (Lipinski definition) is 1. The number of nitrogens with one attached hydrogen (secondary N) is 1. The average Bonchev–Trinajstić information content (AvgIpc) is 2.97. The first kappa shape index (κ1) is 14.8. The first-order valence-corrected chi connectivity index (χ1v) is 8.47. The van der Waals surface area contributed by atoms with Crippen LogP contribution in [0.25, 0.3) is 6.08 Å². The Kier molecular flexibility index (Phi) is 3.92. The third kappa shape index (κ3) is 2.74. The van der Waals surface area contributed by atoms with Crippen LogP contribution in [0.4, 0.5) is 5.69 Å². The van der Waals surface area contributed by atoms with Crippen LogP contribution in [0.3, 0.4) is 0 Å². The predicted octanol–water partition coefficient (Wildman–Crippen LogP) is 5.85. The van der Waals surface area contributed by atoms with E-state index in [1.54, 1.807) is 0 Å². The molecule has 24 heavy (non-hydrogen) atoms. The Balaban J connectivity index is 1.66. The van der Waals surface area contributed by atoms with E-state index in [0.29, 0.717) is 5.92 Å². The molecule has 0 spiro atoms. The van der Waals surface area contributed by atoms with Gasteiger partial charge >= 0.3 is 0 Å². The first-order chi connectivity index (χ1) is 11.8. The van der Waals surface area contributed by atoms with Crippen molar-refractivity contribution in [3.05, 3.63) is 107 Å². The van der Waals surface area contributed by atoms with Crippen molar-refractivity contribution in [2.75, 3.05) is 5.32 Å². The standard InChI is InChI=1S/C23H21N/c1-17-15-18-9-5-7-13-21(18)23(17)22-14-8-6-10-19(22)16-24-20-11-3-2-4-12-20/h2-15,23-24H,16H2,1H3. The number of fused-ring (bicyclic) bond motifs is 1. The van der Waals surface area contributed by atoms with E-state index < -0.39 is 0 Å². The maximum absolute atomic E-state index is 3.54. The molecule has 1 aliphatic rings. The zero-order valence-electron chi connectivity index (χ0n) is 13.9. The smallest absolute Gasteiger partial charge is 0.0403 e. The van der Waals surface area contributed by atoms with Gasteiger partial charge < -0.3 is 5.32 Å². The fourth-order valence-corrected chi connectivity index (χ4v) is 3.62. The normalized spacial score (nSPS) is 15.7. The van der Waals surface area contributed by atoms with E-state index in [1.807, 2.05) is 6.07 Å². The van der Waals surface area contributed by atoms with Crippen LogP contribution in [0.5, 0.6) is 0 Å². The van der Waals surface area contributed by atoms with Crippen molar-refractivity contribution in [1.82, 2.24) is 0 Å². The Bertz CT molecular complexity index is 877. The second-order valence-electron chi connectivity index (χ2n) is 6.37. The zero-order valence-corrected chi connectivity index (χ0v) is 13.9. The average molecular weight is 311 g/mol. The van der Waals surface area contributed by atoms with Gasteiger partial charge in [-0.2, -0.15) is 0 Å². The first-order valence-electron chi connectivity index (χ1n) is 8.47. The molecule has 4 rings (SSSR count). The molecule has 0 bridgehead atoms. The minimum Gasteiger partial charge on any atom is -0.381 e. The van der Waals surface area contributed by atoms with E-state index in [0.717, 1.165) is 12.2 Å². The molecule has 0 amide bonds. The van der Waals surface area contributed by atoms with Crippen molar-refractivity contribution >= 4 is 11.8 Å². The molecule has 0 fully saturated rings. The fourth-order valence-electron chi connectivity index (χ4n) is 3.62. The SMILES string of the molecule is CC1=Cc2ccccc2C1c1ccccc1CNc1ccccc1. The fraction of sp³-hybridized carbons (Fsp3) is 0.130. The lowest BCUT2D eigenvalue weighted by Gasteiger charge is -2.20. The quantitative estimate of drug-likeness (QED) is 0.637. The van der Waals surface area contributed by atoms with Gasteiger partial charge in [-0.25, -0.2) is 0 Å². The van der Waals surface area contributed by atoms with Crippen LogP contribution >= 0.6 is 0 Å². The summed E-state index contributed by atoms with van der Waals surface area (Å²) in [6.07, 6.45) is 2.32. The van der Waals surface area contributed by atoms with E-state index in [4.69, 9.17) is 0 Å². The summed E-state index contributed by atoms with van der Waals surface area (Å²) >= 11 is 0. The maximum Gasteiger partial charge on any atom is 0.0403 e. The molecule has 118 valence electrons. The second-order valence-corrected chi connectivity index (χ2v) is 6.37. The highest BCUT2D eigenvalue weighted by atomic mass is 14.9. The van der Waals surface area contributed by atoms with Gasteiger partial charge in [0, 0.05) is 18.2 Å². The van der Waals surface area contributed by atoms with Crippen LogP contribution in [-0.2, 0) is 6.54 Å². The van der Waals surface area contributed by atoms with Gasteiger partial charge in [-0.15, -0.1) is 0 Å². The van der Waals surface area contributed by atoms with Gasteiger partial charge in [-0.05, 0) is 41.3 Å². The number of rotatable bonds is 4. The molecule has 0 heterocycles. The van der Waals surface area contributed by atoms with Crippen LogP contribution in [0.2, 0.25) is 0 Å². The topological polar surface area (TPSA) is 12.0 Å². The van der Waals surface area contributed by atoms with Crippen LogP contribution in [0.1, 0.15) is 35.1 Å². The van der Waals surface area contributed by atoms with Crippen LogP contribution in [-0.4, -0.2) is 0 Å². The second kappa shape index (κ2) is 6.37. The highest BCUT2D eigenvalue weighted by Crippen LogP contribution is 2.41. The van der Waals surface area contributed by atoms with Gasteiger partial charge in [0.05, 0.1) is 0 Å². The number of benzene rings is 3. The van der Waals surface area contributed by atoms with E-state index >= 15 is 0 Å². The summed E-state index contributed by atoms with van der Waals surface area (Å²) in [6, 6.07) is 27.9. The highest BCUT2D eigenvalue weighted by molar-refractivity contribution is 5.69. The van der Waals surface area contributed by atoms with Gasteiger partial charge in [0.1, 0.15) is 0 Å². The molecule has 1 nitrogen and oxygen atoms in total. The molecule has 0 saturated heterocycles. The van der Waals surface area contributed by atoms with Crippen molar-refractivity contribution in [1.29, 1.82) is 0 Å². The van der Waals surface area contributed by atoms with Gasteiger partial charge in [0.25, 0.3) is 0 Å². The Morgan fingerprint density at radius 2 is 1.42 bits per heavy atom. The molecular weight excluding hydrogens is 290 g/mol. The molecule has 0 aliphatic heterocycles. The van der Waals surface area contributed by atoms with E-state index in [2.05, 4.69) is 91.1 Å². The van der Waals surface area contributed by atoms with Crippen molar-refractivity contribution in [2.45, 2.75) is 19.4 Å². The Labute approximate surface area is 143 Å². The summed E-state index contributed by atoms with van der Waals surface area (Å²) < 4.78 is 0. The van der Waals surface area contributed by atoms with E-state index in [-0.39, 0.29) is 0 Å². The molecule has 1 atom stereocenters. The van der Waals surface area contributed by atoms with Gasteiger partial charge in [-0.1, -0.05) is 78.4 Å². The summed E-state index contributed by atoms with van der Waals surface area (Å²) in [4.78, 5) is 0. The molecule has 3 aromatic rings. The predicted molar refractivity (Wildman–Crippen MR) is 102 cm³/mol. The summed E-state index contributed by atoms with van der Waals surface area (Å²) in [5, 5.41) is 3.54. The van der Waals surface area contributed by atoms with Gasteiger partial charge in [-0.3, -0.25) is 0 Å². The Hall–Kier alpha value is -2.80. The molecule has 0 aromatic heterocycles. The third-order valence-corrected chi connectivity index (χ3v) is 4.77. The lowest BCUT2D eigenvalue weighted by molar-refractivity contribution is 0.941. The Morgan fingerprint density at radius 1 is 0.750 bits per heavy atom. The molecular formula is C23H21N. The number of anilines is 1. The molecule has 1 unspecified atom stereocenters. The number of allylic oxidation sites excluding steroid dienone is 1. The third-order valence-electron chi connectivity index (χ3n) is 4.77. The van der Waals surface area contributed by atoms with Crippen molar-refractivity contribution < 1.29 is 0 Å². The van der Waals surface area contributed by atoms with Crippen LogP contribution < -0.4 is 5.32 Å². The molecule has 0 saturated carbocycles. The lowest BCUT2D eigenvalue weighted by atomic mass is 9.86.